The van der Waals surface area contributed by atoms with Gasteiger partial charge >= 0.3 is 0 Å². The number of piperazine rings is 1. The number of rotatable bonds is 6. The highest BCUT2D eigenvalue weighted by Crippen LogP contribution is 2.13. The van der Waals surface area contributed by atoms with Crippen molar-refractivity contribution < 1.29 is 0 Å². The van der Waals surface area contributed by atoms with Crippen molar-refractivity contribution in [1.29, 1.82) is 0 Å². The van der Waals surface area contributed by atoms with Crippen molar-refractivity contribution in [2.45, 2.75) is 13.5 Å². The number of halogens is 2. The molecule has 0 saturated carbocycles. The van der Waals surface area contributed by atoms with Crippen molar-refractivity contribution in [2.75, 3.05) is 32.7 Å². The molecule has 8 heteroatoms. The van der Waals surface area contributed by atoms with Gasteiger partial charge in [0, 0.05) is 57.2 Å². The Balaban J connectivity index is 0.00000160. The lowest BCUT2D eigenvalue weighted by Gasteiger charge is -2.34. The van der Waals surface area contributed by atoms with Crippen LogP contribution in [0.2, 0.25) is 0 Å². The zero-order valence-electron chi connectivity index (χ0n) is 17.1. The first kappa shape index (κ1) is 24.0. The summed E-state index contributed by atoms with van der Waals surface area (Å²) in [6, 6.07) is 12.5. The van der Waals surface area contributed by atoms with Gasteiger partial charge < -0.3 is 0 Å². The van der Waals surface area contributed by atoms with E-state index in [2.05, 4.69) is 67.4 Å². The molecule has 0 aliphatic carbocycles. The predicted molar refractivity (Wildman–Crippen MR) is 126 cm³/mol. The van der Waals surface area contributed by atoms with Crippen LogP contribution in [0.5, 0.6) is 0 Å². The monoisotopic (exact) mass is 446 g/mol. The summed E-state index contributed by atoms with van der Waals surface area (Å²) in [6.45, 7) is 8.50. The molecular weight excluding hydrogens is 419 g/mol. The molecule has 0 spiro atoms. The van der Waals surface area contributed by atoms with Gasteiger partial charge in [0.1, 0.15) is 0 Å². The Labute approximate surface area is 190 Å². The van der Waals surface area contributed by atoms with Gasteiger partial charge in [0.2, 0.25) is 0 Å². The van der Waals surface area contributed by atoms with E-state index in [1.807, 2.05) is 19.2 Å². The Morgan fingerprint density at radius 3 is 2.27 bits per heavy atom. The first-order valence-corrected chi connectivity index (χ1v) is 9.77. The Hall–Kier alpha value is -2.25. The van der Waals surface area contributed by atoms with Gasteiger partial charge in [-0.15, -0.1) is 24.8 Å². The van der Waals surface area contributed by atoms with Crippen LogP contribution < -0.4 is 0 Å². The Morgan fingerprint density at radius 1 is 0.900 bits per heavy atom. The molecule has 0 N–H and O–H groups in total. The fourth-order valence-corrected chi connectivity index (χ4v) is 3.49. The van der Waals surface area contributed by atoms with Crippen LogP contribution in [0.1, 0.15) is 16.8 Å². The first-order chi connectivity index (χ1) is 13.8. The van der Waals surface area contributed by atoms with Crippen LogP contribution in [-0.4, -0.2) is 62.3 Å². The third-order valence-corrected chi connectivity index (χ3v) is 5.16. The van der Waals surface area contributed by atoms with Crippen molar-refractivity contribution in [3.8, 4) is 5.95 Å². The second kappa shape index (κ2) is 11.8. The lowest BCUT2D eigenvalue weighted by Crippen LogP contribution is -2.45. The fourth-order valence-electron chi connectivity index (χ4n) is 3.49. The summed E-state index contributed by atoms with van der Waals surface area (Å²) in [5, 5.41) is 4.42. The van der Waals surface area contributed by atoms with Gasteiger partial charge in [-0.25, -0.2) is 14.6 Å². The third kappa shape index (κ3) is 6.12. The average Bonchev–Trinajstić information content (AvgIpc) is 3.11. The number of benzene rings is 1. The van der Waals surface area contributed by atoms with E-state index in [1.165, 1.54) is 5.56 Å². The second-order valence-electron chi connectivity index (χ2n) is 7.11. The Kier molecular flexibility index (Phi) is 9.46. The van der Waals surface area contributed by atoms with E-state index in [-0.39, 0.29) is 24.8 Å². The van der Waals surface area contributed by atoms with Gasteiger partial charge in [0.05, 0.1) is 11.9 Å². The average molecular weight is 447 g/mol. The van der Waals surface area contributed by atoms with E-state index in [1.54, 1.807) is 17.1 Å². The summed E-state index contributed by atoms with van der Waals surface area (Å²) in [6.07, 6.45) is 9.72. The quantitative estimate of drug-likeness (QED) is 0.578. The van der Waals surface area contributed by atoms with Crippen LogP contribution in [0.15, 0.2) is 61.1 Å². The van der Waals surface area contributed by atoms with Crippen LogP contribution in [-0.2, 0) is 6.54 Å². The van der Waals surface area contributed by atoms with Gasteiger partial charge in [0.25, 0.3) is 5.95 Å². The van der Waals surface area contributed by atoms with Gasteiger partial charge in [-0.05, 0) is 18.6 Å². The van der Waals surface area contributed by atoms with Crippen molar-refractivity contribution in [3.63, 3.8) is 0 Å². The van der Waals surface area contributed by atoms with E-state index in [9.17, 15) is 0 Å². The summed E-state index contributed by atoms with van der Waals surface area (Å²) >= 11 is 0. The molecule has 1 saturated heterocycles. The molecule has 0 unspecified atom stereocenters. The highest BCUT2D eigenvalue weighted by atomic mass is 35.5. The minimum Gasteiger partial charge on any atom is -0.297 e. The SMILES string of the molecule is Cc1c(/C=C/CN2CCN(Cc3ccccc3)CC2)cnn1-c1ncccn1.Cl.Cl. The minimum atomic E-state index is 0. The van der Waals surface area contributed by atoms with Crippen molar-refractivity contribution >= 4 is 30.9 Å². The zero-order valence-corrected chi connectivity index (χ0v) is 18.7. The van der Waals surface area contributed by atoms with Crippen LogP contribution >= 0.6 is 24.8 Å². The molecule has 0 radical (unpaired) electrons. The molecule has 2 aromatic heterocycles. The van der Waals surface area contributed by atoms with Crippen LogP contribution in [0.4, 0.5) is 0 Å². The topological polar surface area (TPSA) is 50.1 Å². The van der Waals surface area contributed by atoms with Gasteiger partial charge in [-0.1, -0.05) is 42.5 Å². The van der Waals surface area contributed by atoms with Gasteiger partial charge in [-0.3, -0.25) is 9.80 Å². The lowest BCUT2D eigenvalue weighted by atomic mass is 10.2. The Bertz CT molecular complexity index is 906. The number of nitrogens with zero attached hydrogens (tertiary/aromatic N) is 6. The van der Waals surface area contributed by atoms with Gasteiger partial charge in [0.15, 0.2) is 0 Å². The number of hydrogen-bond donors (Lipinski definition) is 0. The largest absolute Gasteiger partial charge is 0.297 e. The molecule has 1 aromatic carbocycles. The standard InChI is InChI=1S/C22H26N6.2ClH/c1-19-21(17-25-28(19)22-23-10-6-11-24-22)9-5-12-26-13-15-27(16-14-26)18-20-7-3-2-4-8-20;;/h2-11,17H,12-16,18H2,1H3;2*1H/b9-5+;;. The molecule has 30 heavy (non-hydrogen) atoms. The maximum atomic E-state index is 4.42. The summed E-state index contributed by atoms with van der Waals surface area (Å²) in [5.41, 5.74) is 3.55. The van der Waals surface area contributed by atoms with E-state index in [0.29, 0.717) is 5.95 Å². The molecule has 1 aliphatic heterocycles. The van der Waals surface area contributed by atoms with Crippen molar-refractivity contribution in [1.82, 2.24) is 29.5 Å². The van der Waals surface area contributed by atoms with E-state index >= 15 is 0 Å². The Morgan fingerprint density at radius 2 is 1.57 bits per heavy atom. The molecule has 3 aromatic rings. The van der Waals surface area contributed by atoms with E-state index in [4.69, 9.17) is 0 Å². The molecule has 1 fully saturated rings. The van der Waals surface area contributed by atoms with E-state index in [0.717, 1.165) is 50.5 Å². The normalized spacial score (nSPS) is 15.0. The minimum absolute atomic E-state index is 0. The molecule has 0 amide bonds. The summed E-state index contributed by atoms with van der Waals surface area (Å²) in [5.74, 6) is 0.606. The molecule has 1 aliphatic rings. The summed E-state index contributed by atoms with van der Waals surface area (Å²) < 4.78 is 1.78. The smallest absolute Gasteiger partial charge is 0.250 e. The first-order valence-electron chi connectivity index (χ1n) is 9.77. The molecule has 6 nitrogen and oxygen atoms in total. The maximum Gasteiger partial charge on any atom is 0.250 e. The van der Waals surface area contributed by atoms with Gasteiger partial charge in [-0.2, -0.15) is 5.10 Å². The highest BCUT2D eigenvalue weighted by molar-refractivity contribution is 5.85. The fraction of sp³-hybridized carbons (Fsp3) is 0.318. The van der Waals surface area contributed by atoms with Crippen LogP contribution in [0, 0.1) is 6.92 Å². The van der Waals surface area contributed by atoms with Crippen molar-refractivity contribution in [2.24, 2.45) is 0 Å². The molecule has 0 atom stereocenters. The molecule has 3 heterocycles. The van der Waals surface area contributed by atoms with Crippen LogP contribution in [0.25, 0.3) is 12.0 Å². The predicted octanol–water partition coefficient (Wildman–Crippen LogP) is 3.65. The number of aromatic nitrogens is 4. The van der Waals surface area contributed by atoms with Crippen LogP contribution in [0.3, 0.4) is 0 Å². The highest BCUT2D eigenvalue weighted by Gasteiger charge is 2.16. The maximum absolute atomic E-state index is 4.42. The molecular formula is C22H28Cl2N6. The van der Waals surface area contributed by atoms with Crippen molar-refractivity contribution in [3.05, 3.63) is 77.9 Å². The molecule has 160 valence electrons. The molecule has 0 bridgehead atoms. The zero-order chi connectivity index (χ0) is 19.2. The molecule has 4 rings (SSSR count). The summed E-state index contributed by atoms with van der Waals surface area (Å²) in [7, 11) is 0. The summed E-state index contributed by atoms with van der Waals surface area (Å²) in [4.78, 5) is 13.6. The third-order valence-electron chi connectivity index (χ3n) is 5.16. The second-order valence-corrected chi connectivity index (χ2v) is 7.11. The number of hydrogen-bond acceptors (Lipinski definition) is 5. The van der Waals surface area contributed by atoms with E-state index < -0.39 is 0 Å². The lowest BCUT2D eigenvalue weighted by molar-refractivity contribution is 0.137.